The molecule has 0 aromatic carbocycles. The lowest BCUT2D eigenvalue weighted by Crippen LogP contribution is -2.61. The Bertz CT molecular complexity index is 1520. The fourth-order valence-corrected chi connectivity index (χ4v) is 4.91. The third-order valence-corrected chi connectivity index (χ3v) is 6.92. The summed E-state index contributed by atoms with van der Waals surface area (Å²) in [5.41, 5.74) is -1.28. The Kier molecular flexibility index (Phi) is 5.86. The number of methoxy groups -OCH3 is 1. The highest BCUT2D eigenvalue weighted by atomic mass is 19.3. The molecule has 2 fully saturated rings. The van der Waals surface area contributed by atoms with Gasteiger partial charge in [0.1, 0.15) is 11.2 Å². The van der Waals surface area contributed by atoms with Gasteiger partial charge in [-0.05, 0) is 12.5 Å². The van der Waals surface area contributed by atoms with Crippen LogP contribution in [-0.2, 0) is 4.74 Å². The first-order valence-corrected chi connectivity index (χ1v) is 11.7. The van der Waals surface area contributed by atoms with E-state index < -0.39 is 42.3 Å². The van der Waals surface area contributed by atoms with Gasteiger partial charge in [0.2, 0.25) is 11.8 Å². The van der Waals surface area contributed by atoms with E-state index in [0.29, 0.717) is 19.8 Å². The Labute approximate surface area is 211 Å². The highest BCUT2D eigenvalue weighted by molar-refractivity contribution is 5.85. The molecule has 0 unspecified atom stereocenters. The molecule has 2 saturated heterocycles. The number of hydrogen-bond acceptors (Lipinski definition) is 7. The number of ether oxygens (including phenoxy) is 2. The largest absolute Gasteiger partial charge is 0.479 e. The molecule has 4 aromatic heterocycles. The predicted molar refractivity (Wildman–Crippen MR) is 122 cm³/mol. The van der Waals surface area contributed by atoms with E-state index in [4.69, 9.17) is 9.47 Å². The molecule has 0 aliphatic carbocycles. The van der Waals surface area contributed by atoms with E-state index in [1.54, 1.807) is 4.90 Å². The van der Waals surface area contributed by atoms with E-state index in [9.17, 15) is 22.0 Å². The van der Waals surface area contributed by atoms with Gasteiger partial charge in [-0.1, -0.05) is 0 Å². The summed E-state index contributed by atoms with van der Waals surface area (Å²) in [5.74, 6) is -5.35. The molecule has 0 spiro atoms. The van der Waals surface area contributed by atoms with Crippen molar-refractivity contribution in [1.29, 1.82) is 0 Å². The maximum atomic E-state index is 15.2. The van der Waals surface area contributed by atoms with Crippen LogP contribution in [0.3, 0.4) is 0 Å². The summed E-state index contributed by atoms with van der Waals surface area (Å²) in [6.07, 6.45) is 0.0617. The third kappa shape index (κ3) is 4.00. The van der Waals surface area contributed by atoms with Gasteiger partial charge in [0.05, 0.1) is 56.9 Å². The van der Waals surface area contributed by atoms with Crippen molar-refractivity contribution in [2.75, 3.05) is 38.7 Å². The van der Waals surface area contributed by atoms with Crippen LogP contribution in [0.4, 0.5) is 32.3 Å². The highest BCUT2D eigenvalue weighted by Crippen LogP contribution is 2.37. The summed E-state index contributed by atoms with van der Waals surface area (Å²) >= 11 is 0. The summed E-state index contributed by atoms with van der Waals surface area (Å²) in [6, 6.07) is -0.366. The SMILES string of the molecule is COc1nc(N[C@@H]2CCN(C3COC3)CC2(F)F)nn2cc(F)c(-c3cc(F)c4ncc(C(F)F)n4c3)c12. The van der Waals surface area contributed by atoms with Crippen LogP contribution in [0.15, 0.2) is 24.7 Å². The molecule has 1 N–H and O–H groups in total. The lowest BCUT2D eigenvalue weighted by atomic mass is 9.98. The van der Waals surface area contributed by atoms with Crippen molar-refractivity contribution in [2.24, 2.45) is 0 Å². The highest BCUT2D eigenvalue weighted by Gasteiger charge is 2.47. The lowest BCUT2D eigenvalue weighted by Gasteiger charge is -2.44. The van der Waals surface area contributed by atoms with Crippen molar-refractivity contribution in [1.82, 2.24) is 28.9 Å². The first kappa shape index (κ1) is 24.7. The first-order chi connectivity index (χ1) is 18.2. The van der Waals surface area contributed by atoms with Crippen LogP contribution in [0.1, 0.15) is 18.5 Å². The maximum absolute atomic E-state index is 15.2. The molecular weight excluding hydrogens is 520 g/mol. The number of fused-ring (bicyclic) bond motifs is 2. The number of piperidine rings is 1. The Morgan fingerprint density at radius 1 is 1.18 bits per heavy atom. The summed E-state index contributed by atoms with van der Waals surface area (Å²) in [5, 5.41) is 6.77. The Balaban J connectivity index is 1.37. The predicted octanol–water partition coefficient (Wildman–Crippen LogP) is 3.79. The molecule has 2 aliphatic rings. The van der Waals surface area contributed by atoms with Crippen molar-refractivity contribution < 1.29 is 35.8 Å². The van der Waals surface area contributed by atoms with Gasteiger partial charge in [-0.3, -0.25) is 9.30 Å². The Hall–Kier alpha value is -3.59. The zero-order chi connectivity index (χ0) is 26.8. The maximum Gasteiger partial charge on any atom is 0.280 e. The van der Waals surface area contributed by atoms with Gasteiger partial charge in [-0.15, -0.1) is 5.10 Å². The van der Waals surface area contributed by atoms with Crippen molar-refractivity contribution in [3.05, 3.63) is 42.0 Å². The molecule has 1 atom stereocenters. The van der Waals surface area contributed by atoms with E-state index in [0.717, 1.165) is 33.6 Å². The molecule has 2 aliphatic heterocycles. The van der Waals surface area contributed by atoms with Crippen molar-refractivity contribution in [2.45, 2.75) is 30.9 Å². The Morgan fingerprint density at radius 2 is 1.97 bits per heavy atom. The topological polar surface area (TPSA) is 81.2 Å². The molecule has 9 nitrogen and oxygen atoms in total. The number of imidazole rings is 1. The molecule has 6 rings (SSSR count). The van der Waals surface area contributed by atoms with Gasteiger partial charge < -0.3 is 14.8 Å². The van der Waals surface area contributed by atoms with Crippen LogP contribution in [0.25, 0.3) is 22.3 Å². The minimum Gasteiger partial charge on any atom is -0.479 e. The molecule has 4 aromatic rings. The fourth-order valence-electron chi connectivity index (χ4n) is 4.91. The normalized spacial score (nSPS) is 20.4. The van der Waals surface area contributed by atoms with Crippen molar-refractivity contribution in [3.63, 3.8) is 0 Å². The number of hydrogen-bond donors (Lipinski definition) is 1. The number of nitrogens with zero attached hydrogens (tertiary/aromatic N) is 6. The number of nitrogens with one attached hydrogen (secondary N) is 1. The van der Waals surface area contributed by atoms with Crippen molar-refractivity contribution in [3.8, 4) is 17.0 Å². The summed E-state index contributed by atoms with van der Waals surface area (Å²) < 4.78 is 98.9. The van der Waals surface area contributed by atoms with Gasteiger partial charge in [0, 0.05) is 18.3 Å². The second-order valence-electron chi connectivity index (χ2n) is 9.25. The molecular formula is C23H21F6N7O2. The third-order valence-electron chi connectivity index (χ3n) is 6.92. The van der Waals surface area contributed by atoms with Gasteiger partial charge in [-0.2, -0.15) is 4.98 Å². The van der Waals surface area contributed by atoms with E-state index >= 15 is 4.39 Å². The standard InChI is InChI=1S/C23H21F6N7O2/c1-37-21-18-17(11-4-13(24)20-30-5-15(19(26)27)35(20)6-11)14(25)7-36(18)33-22(32-21)31-16-2-3-34(10-23(16,28)29)12-8-38-9-12/h4-7,12,16,19H,2-3,8-10H2,1H3,(H,31,33)/t16-/m1/s1. The average molecular weight is 541 g/mol. The zero-order valence-electron chi connectivity index (χ0n) is 19.8. The van der Waals surface area contributed by atoms with Crippen LogP contribution >= 0.6 is 0 Å². The van der Waals surface area contributed by atoms with E-state index in [-0.39, 0.29) is 46.6 Å². The zero-order valence-corrected chi connectivity index (χ0v) is 19.8. The van der Waals surface area contributed by atoms with Gasteiger partial charge >= 0.3 is 0 Å². The summed E-state index contributed by atoms with van der Waals surface area (Å²) in [7, 11) is 1.24. The number of halogens is 6. The van der Waals surface area contributed by atoms with Gasteiger partial charge in [-0.25, -0.2) is 35.8 Å². The minimum absolute atomic E-state index is 0.0288. The van der Waals surface area contributed by atoms with E-state index in [1.807, 2.05) is 0 Å². The summed E-state index contributed by atoms with van der Waals surface area (Å²) in [6.45, 7) is 0.816. The monoisotopic (exact) mass is 541 g/mol. The molecule has 0 saturated carbocycles. The second-order valence-corrected chi connectivity index (χ2v) is 9.25. The van der Waals surface area contributed by atoms with Crippen LogP contribution in [0.5, 0.6) is 5.88 Å². The van der Waals surface area contributed by atoms with Crippen molar-refractivity contribution >= 4 is 17.1 Å². The molecule has 6 heterocycles. The lowest BCUT2D eigenvalue weighted by molar-refractivity contribution is -0.131. The smallest absolute Gasteiger partial charge is 0.280 e. The molecule has 0 amide bonds. The minimum atomic E-state index is -3.10. The quantitative estimate of drug-likeness (QED) is 0.372. The molecule has 38 heavy (non-hydrogen) atoms. The van der Waals surface area contributed by atoms with Crippen LogP contribution in [0, 0.1) is 11.6 Å². The van der Waals surface area contributed by atoms with Gasteiger partial charge in [0.25, 0.3) is 12.3 Å². The number of rotatable bonds is 6. The number of anilines is 1. The number of aromatic nitrogens is 5. The van der Waals surface area contributed by atoms with E-state index in [1.165, 1.54) is 7.11 Å². The second kappa shape index (κ2) is 9.01. The number of pyridine rings is 1. The van der Waals surface area contributed by atoms with E-state index in [2.05, 4.69) is 20.4 Å². The molecule has 202 valence electrons. The van der Waals surface area contributed by atoms with Crippen LogP contribution in [0.2, 0.25) is 0 Å². The molecule has 0 bridgehead atoms. The number of likely N-dealkylation sites (tertiary alicyclic amines) is 1. The first-order valence-electron chi connectivity index (χ1n) is 11.7. The number of alkyl halides is 4. The fraction of sp³-hybridized carbons (Fsp3) is 0.435. The summed E-state index contributed by atoms with van der Waals surface area (Å²) in [4.78, 5) is 9.50. The average Bonchev–Trinajstić information content (AvgIpc) is 3.39. The Morgan fingerprint density at radius 3 is 2.63 bits per heavy atom. The van der Waals surface area contributed by atoms with Crippen LogP contribution < -0.4 is 10.1 Å². The molecule has 15 heteroatoms. The van der Waals surface area contributed by atoms with Crippen LogP contribution in [-0.4, -0.2) is 80.3 Å². The van der Waals surface area contributed by atoms with Gasteiger partial charge in [0.15, 0.2) is 17.3 Å². The molecule has 0 radical (unpaired) electrons.